The molecule has 0 atom stereocenters. The van der Waals surface area contributed by atoms with E-state index in [1.807, 2.05) is 12.4 Å². The minimum absolute atomic E-state index is 0.755. The van der Waals surface area contributed by atoms with Crippen molar-refractivity contribution in [3.05, 3.63) is 18.2 Å². The molecule has 0 radical (unpaired) electrons. The molecule has 1 aliphatic rings. The molecule has 0 aromatic carbocycles. The van der Waals surface area contributed by atoms with Gasteiger partial charge in [0, 0.05) is 31.4 Å². The van der Waals surface area contributed by atoms with Crippen molar-refractivity contribution in [2.24, 2.45) is 0 Å². The van der Waals surface area contributed by atoms with Crippen LogP contribution in [0.1, 0.15) is 12.2 Å². The molecule has 0 bridgehead atoms. The molecular weight excluding hydrogens is 186 g/mol. The first-order valence-electron chi connectivity index (χ1n) is 4.68. The van der Waals surface area contributed by atoms with Crippen molar-refractivity contribution in [1.29, 1.82) is 0 Å². The molecule has 0 aliphatic carbocycles. The number of rotatable bonds is 3. The summed E-state index contributed by atoms with van der Waals surface area (Å²) >= 11 is 5.65. The molecule has 2 heterocycles. The Morgan fingerprint density at radius 3 is 3.23 bits per heavy atom. The highest BCUT2D eigenvalue weighted by Gasteiger charge is 2.15. The van der Waals surface area contributed by atoms with Crippen LogP contribution in [0.4, 0.5) is 0 Å². The summed E-state index contributed by atoms with van der Waals surface area (Å²) in [5.41, 5.74) is 0. The quantitative estimate of drug-likeness (QED) is 0.685. The van der Waals surface area contributed by atoms with E-state index in [0.29, 0.717) is 0 Å². The normalized spacial score (nSPS) is 17.3. The summed E-state index contributed by atoms with van der Waals surface area (Å²) in [6.45, 7) is 4.26. The summed E-state index contributed by atoms with van der Waals surface area (Å²) < 4.78 is 2.22. The number of halogens is 1. The summed E-state index contributed by atoms with van der Waals surface area (Å²) in [5.74, 6) is 1.94. The van der Waals surface area contributed by atoms with Crippen LogP contribution < -0.4 is 0 Å². The average Bonchev–Trinajstić information content (AvgIpc) is 2.61. The lowest BCUT2D eigenvalue weighted by Crippen LogP contribution is -2.34. The summed E-state index contributed by atoms with van der Waals surface area (Å²) in [6, 6.07) is 0. The van der Waals surface area contributed by atoms with Crippen molar-refractivity contribution in [3.63, 3.8) is 0 Å². The van der Waals surface area contributed by atoms with Gasteiger partial charge in [0.25, 0.3) is 0 Å². The van der Waals surface area contributed by atoms with Crippen molar-refractivity contribution in [2.45, 2.75) is 19.5 Å². The van der Waals surface area contributed by atoms with Gasteiger partial charge in [-0.15, -0.1) is 11.6 Å². The van der Waals surface area contributed by atoms with E-state index in [9.17, 15) is 0 Å². The Kier molecular flexibility index (Phi) is 2.86. The number of fused-ring (bicyclic) bond motifs is 1. The van der Waals surface area contributed by atoms with Gasteiger partial charge < -0.3 is 4.57 Å². The van der Waals surface area contributed by atoms with Crippen LogP contribution in [0.25, 0.3) is 0 Å². The van der Waals surface area contributed by atoms with Crippen LogP contribution in [0.15, 0.2) is 12.4 Å². The van der Waals surface area contributed by atoms with Crippen LogP contribution in [0.5, 0.6) is 0 Å². The predicted octanol–water partition coefficient (Wildman–Crippen LogP) is 1.33. The van der Waals surface area contributed by atoms with E-state index in [1.165, 1.54) is 5.82 Å². The van der Waals surface area contributed by atoms with Gasteiger partial charge in [-0.1, -0.05) is 0 Å². The van der Waals surface area contributed by atoms with Gasteiger partial charge in [0.1, 0.15) is 5.82 Å². The molecule has 1 aromatic rings. The Hall–Kier alpha value is -0.540. The Labute approximate surface area is 83.3 Å². The maximum atomic E-state index is 5.65. The molecule has 0 spiro atoms. The molecule has 0 N–H and O–H groups in total. The number of aromatic nitrogens is 2. The summed E-state index contributed by atoms with van der Waals surface area (Å²) in [6.07, 6.45) is 5.00. The van der Waals surface area contributed by atoms with Gasteiger partial charge in [0.15, 0.2) is 0 Å². The third kappa shape index (κ3) is 2.03. The van der Waals surface area contributed by atoms with Crippen molar-refractivity contribution >= 4 is 11.6 Å². The van der Waals surface area contributed by atoms with Crippen LogP contribution in [0.3, 0.4) is 0 Å². The van der Waals surface area contributed by atoms with E-state index in [-0.39, 0.29) is 0 Å². The molecule has 1 aliphatic heterocycles. The molecule has 2 rings (SSSR count). The minimum atomic E-state index is 0.755. The number of hydrogen-bond acceptors (Lipinski definition) is 2. The zero-order valence-electron chi connectivity index (χ0n) is 7.62. The first-order chi connectivity index (χ1) is 6.40. The lowest BCUT2D eigenvalue weighted by molar-refractivity contribution is 0.218. The lowest BCUT2D eigenvalue weighted by Gasteiger charge is -2.27. The molecule has 0 unspecified atom stereocenters. The van der Waals surface area contributed by atoms with Crippen LogP contribution in [-0.4, -0.2) is 33.4 Å². The molecule has 0 amide bonds. The van der Waals surface area contributed by atoms with Crippen molar-refractivity contribution in [2.75, 3.05) is 19.0 Å². The molecule has 72 valence electrons. The van der Waals surface area contributed by atoms with E-state index in [4.69, 9.17) is 11.6 Å². The summed E-state index contributed by atoms with van der Waals surface area (Å²) in [4.78, 5) is 6.71. The SMILES string of the molecule is ClCCCN1CCn2ccnc2C1. The van der Waals surface area contributed by atoms with E-state index >= 15 is 0 Å². The predicted molar refractivity (Wildman–Crippen MR) is 52.8 cm³/mol. The zero-order chi connectivity index (χ0) is 9.10. The van der Waals surface area contributed by atoms with Crippen LogP contribution in [0, 0.1) is 0 Å². The summed E-state index contributed by atoms with van der Waals surface area (Å²) in [5, 5.41) is 0. The van der Waals surface area contributed by atoms with Crippen molar-refractivity contribution in [3.8, 4) is 0 Å². The first-order valence-corrected chi connectivity index (χ1v) is 5.22. The van der Waals surface area contributed by atoms with Crippen LogP contribution in [-0.2, 0) is 13.1 Å². The van der Waals surface area contributed by atoms with Crippen molar-refractivity contribution < 1.29 is 0 Å². The highest BCUT2D eigenvalue weighted by atomic mass is 35.5. The van der Waals surface area contributed by atoms with Gasteiger partial charge >= 0.3 is 0 Å². The summed E-state index contributed by atoms with van der Waals surface area (Å²) in [7, 11) is 0. The van der Waals surface area contributed by atoms with Gasteiger partial charge in [0.2, 0.25) is 0 Å². The molecule has 3 nitrogen and oxygen atoms in total. The topological polar surface area (TPSA) is 21.1 Å². The number of imidazole rings is 1. The monoisotopic (exact) mass is 199 g/mol. The van der Waals surface area contributed by atoms with Gasteiger partial charge in [0.05, 0.1) is 6.54 Å². The van der Waals surface area contributed by atoms with Gasteiger partial charge in [-0.05, 0) is 13.0 Å². The number of hydrogen-bond donors (Lipinski definition) is 0. The van der Waals surface area contributed by atoms with Crippen molar-refractivity contribution in [1.82, 2.24) is 14.5 Å². The van der Waals surface area contributed by atoms with E-state index in [2.05, 4.69) is 14.5 Å². The largest absolute Gasteiger partial charge is 0.333 e. The highest BCUT2D eigenvalue weighted by Crippen LogP contribution is 2.10. The van der Waals surface area contributed by atoms with Crippen LogP contribution in [0.2, 0.25) is 0 Å². The van der Waals surface area contributed by atoms with E-state index < -0.39 is 0 Å². The third-order valence-corrected chi connectivity index (χ3v) is 2.70. The fourth-order valence-corrected chi connectivity index (χ4v) is 1.82. The molecule has 0 saturated carbocycles. The smallest absolute Gasteiger partial charge is 0.122 e. The molecule has 1 aromatic heterocycles. The molecule has 4 heteroatoms. The standard InChI is InChI=1S/C9H14ClN3/c10-2-1-4-12-6-7-13-5-3-11-9(13)8-12/h3,5H,1-2,4,6-8H2. The Balaban J connectivity index is 1.93. The molecule has 0 fully saturated rings. The highest BCUT2D eigenvalue weighted by molar-refractivity contribution is 6.17. The van der Waals surface area contributed by atoms with E-state index in [0.717, 1.165) is 38.5 Å². The maximum Gasteiger partial charge on any atom is 0.122 e. The number of nitrogens with zero attached hydrogens (tertiary/aromatic N) is 3. The fourth-order valence-electron chi connectivity index (χ4n) is 1.70. The maximum absolute atomic E-state index is 5.65. The minimum Gasteiger partial charge on any atom is -0.333 e. The average molecular weight is 200 g/mol. The number of alkyl halides is 1. The molecule has 0 saturated heterocycles. The molecule has 13 heavy (non-hydrogen) atoms. The van der Waals surface area contributed by atoms with Crippen LogP contribution >= 0.6 is 11.6 Å². The molecular formula is C9H14ClN3. The Morgan fingerprint density at radius 2 is 2.38 bits per heavy atom. The fraction of sp³-hybridized carbons (Fsp3) is 0.667. The van der Waals surface area contributed by atoms with Gasteiger partial charge in [-0.2, -0.15) is 0 Å². The second-order valence-electron chi connectivity index (χ2n) is 3.36. The third-order valence-electron chi connectivity index (χ3n) is 2.43. The Bertz CT molecular complexity index is 272. The van der Waals surface area contributed by atoms with Gasteiger partial charge in [-0.25, -0.2) is 4.98 Å². The second kappa shape index (κ2) is 4.11. The van der Waals surface area contributed by atoms with Gasteiger partial charge in [-0.3, -0.25) is 4.90 Å². The lowest BCUT2D eigenvalue weighted by atomic mass is 10.3. The first kappa shape index (κ1) is 9.03. The second-order valence-corrected chi connectivity index (χ2v) is 3.73. The zero-order valence-corrected chi connectivity index (χ0v) is 8.37. The Morgan fingerprint density at radius 1 is 1.46 bits per heavy atom. The van der Waals surface area contributed by atoms with E-state index in [1.54, 1.807) is 0 Å².